The fraction of sp³-hybridized carbons (Fsp3) is 0.143. The Morgan fingerprint density at radius 2 is 1.16 bits per heavy atom. The van der Waals surface area contributed by atoms with Crippen molar-refractivity contribution in [2.75, 3.05) is 0 Å². The molecule has 0 bridgehead atoms. The van der Waals surface area contributed by atoms with E-state index in [1.54, 1.807) is 0 Å². The minimum absolute atomic E-state index is 0.143. The number of hydrogen-bond donors (Lipinski definition) is 0. The average molecular weight is 546 g/mol. The van der Waals surface area contributed by atoms with E-state index in [1.165, 1.54) is 11.1 Å². The van der Waals surface area contributed by atoms with Crippen LogP contribution in [0.2, 0.25) is 0 Å². The van der Waals surface area contributed by atoms with E-state index in [2.05, 4.69) is 82.1 Å². The van der Waals surface area contributed by atoms with Gasteiger partial charge in [0.25, 0.3) is 0 Å². The molecule has 2 nitrogen and oxygen atoms in total. The number of rotatable bonds is 1. The van der Waals surface area contributed by atoms with Crippen LogP contribution >= 0.6 is 31.9 Å². The number of furan rings is 2. The van der Waals surface area contributed by atoms with Crippen molar-refractivity contribution >= 4 is 75.7 Å². The summed E-state index contributed by atoms with van der Waals surface area (Å²) in [6, 6.07) is 21.1. The van der Waals surface area contributed by atoms with Crippen molar-refractivity contribution < 1.29 is 8.83 Å². The van der Waals surface area contributed by atoms with E-state index in [1.807, 2.05) is 24.3 Å². The molecule has 1 aliphatic rings. The number of benzene rings is 4. The Balaban J connectivity index is 1.76. The van der Waals surface area contributed by atoms with E-state index < -0.39 is 0 Å². The molecular formula is C28H18Br2O2. The fourth-order valence-corrected chi connectivity index (χ4v) is 6.84. The van der Waals surface area contributed by atoms with Gasteiger partial charge in [-0.3, -0.25) is 0 Å². The molecule has 0 spiro atoms. The zero-order chi connectivity index (χ0) is 21.8. The molecule has 0 atom stereocenters. The van der Waals surface area contributed by atoms with Crippen LogP contribution in [0.4, 0.5) is 0 Å². The lowest BCUT2D eigenvalue weighted by Crippen LogP contribution is -2.19. The highest BCUT2D eigenvalue weighted by Crippen LogP contribution is 2.59. The molecule has 0 unspecified atom stereocenters. The number of fused-ring (bicyclic) bond motifs is 11. The van der Waals surface area contributed by atoms with Crippen LogP contribution in [0.1, 0.15) is 31.4 Å². The molecular weight excluding hydrogens is 528 g/mol. The first kappa shape index (κ1) is 19.0. The molecule has 0 amide bonds. The molecule has 4 heteroatoms. The highest BCUT2D eigenvalue weighted by molar-refractivity contribution is 9.11. The summed E-state index contributed by atoms with van der Waals surface area (Å²) < 4.78 is 15.2. The molecule has 1 aliphatic carbocycles. The van der Waals surface area contributed by atoms with Crippen molar-refractivity contribution in [2.24, 2.45) is 0 Å². The van der Waals surface area contributed by atoms with Gasteiger partial charge in [-0.25, -0.2) is 0 Å². The smallest absolute Gasteiger partial charge is 0.144 e. The molecule has 0 N–H and O–H groups in total. The molecule has 32 heavy (non-hydrogen) atoms. The van der Waals surface area contributed by atoms with Gasteiger partial charge in [0, 0.05) is 47.0 Å². The maximum absolute atomic E-state index is 6.54. The van der Waals surface area contributed by atoms with Gasteiger partial charge in [0.2, 0.25) is 0 Å². The lowest BCUT2D eigenvalue weighted by molar-refractivity contribution is 0.563. The Hall–Kier alpha value is -2.56. The molecule has 6 aromatic rings. The van der Waals surface area contributed by atoms with Crippen LogP contribution in [0, 0.1) is 0 Å². The van der Waals surface area contributed by atoms with Gasteiger partial charge in [-0.1, -0.05) is 82.1 Å². The van der Waals surface area contributed by atoms with Crippen molar-refractivity contribution in [2.45, 2.75) is 25.7 Å². The standard InChI is InChI=1S/C28H18Br2O2/c1-3-28(2)16-12-18(29)22-14-8-4-6-10-20(14)31-26(22)24(16)25-17(28)13-19(30)23-15-9-5-7-11-21(15)32-27(23)25/h4-13H,3H2,1-2H3. The first-order chi connectivity index (χ1) is 15.5. The number of para-hydroxylation sites is 2. The first-order valence-electron chi connectivity index (χ1n) is 10.8. The van der Waals surface area contributed by atoms with Gasteiger partial charge in [-0.2, -0.15) is 0 Å². The molecule has 2 heterocycles. The molecule has 4 aromatic carbocycles. The summed E-state index contributed by atoms with van der Waals surface area (Å²) >= 11 is 7.75. The molecule has 0 fully saturated rings. The SMILES string of the molecule is CCC1(C)c2cc(Br)c3c(oc4ccccc43)c2-c2c1cc(Br)c1c2oc2ccccc21. The first-order valence-corrected chi connectivity index (χ1v) is 12.4. The topological polar surface area (TPSA) is 26.3 Å². The van der Waals surface area contributed by atoms with Gasteiger partial charge in [0.05, 0.1) is 0 Å². The van der Waals surface area contributed by atoms with Crippen LogP contribution < -0.4 is 0 Å². The highest BCUT2D eigenvalue weighted by Gasteiger charge is 2.43. The van der Waals surface area contributed by atoms with Gasteiger partial charge < -0.3 is 8.83 Å². The number of halogens is 2. The average Bonchev–Trinajstić information content (AvgIpc) is 3.44. The summed E-state index contributed by atoms with van der Waals surface area (Å²) in [5, 5.41) is 4.50. The van der Waals surface area contributed by atoms with Gasteiger partial charge >= 0.3 is 0 Å². The lowest BCUT2D eigenvalue weighted by atomic mass is 9.78. The fourth-order valence-electron chi connectivity index (χ4n) is 5.60. The molecule has 156 valence electrons. The minimum Gasteiger partial charge on any atom is -0.455 e. The summed E-state index contributed by atoms with van der Waals surface area (Å²) in [5.41, 5.74) is 8.42. The summed E-state index contributed by atoms with van der Waals surface area (Å²) in [5.74, 6) is 0. The Morgan fingerprint density at radius 3 is 1.59 bits per heavy atom. The second-order valence-electron chi connectivity index (χ2n) is 8.85. The van der Waals surface area contributed by atoms with Gasteiger partial charge in [-0.15, -0.1) is 0 Å². The monoisotopic (exact) mass is 544 g/mol. The Labute approximate surface area is 201 Å². The molecule has 0 radical (unpaired) electrons. The molecule has 0 saturated heterocycles. The van der Waals surface area contributed by atoms with E-state index in [4.69, 9.17) is 8.83 Å². The second kappa shape index (κ2) is 6.27. The van der Waals surface area contributed by atoms with E-state index in [0.29, 0.717) is 0 Å². The minimum atomic E-state index is -0.143. The van der Waals surface area contributed by atoms with Gasteiger partial charge in [0.15, 0.2) is 0 Å². The maximum Gasteiger partial charge on any atom is 0.144 e. The van der Waals surface area contributed by atoms with E-state index in [-0.39, 0.29) is 5.41 Å². The molecule has 2 aromatic heterocycles. The third-order valence-electron chi connectivity index (χ3n) is 7.35. The normalized spacial score (nSPS) is 14.6. The zero-order valence-corrected chi connectivity index (χ0v) is 20.7. The predicted octanol–water partition coefficient (Wildman–Crippen LogP) is 9.71. The summed E-state index contributed by atoms with van der Waals surface area (Å²) in [6.45, 7) is 4.59. The van der Waals surface area contributed by atoms with Crippen molar-refractivity contribution in [1.82, 2.24) is 0 Å². The summed E-state index contributed by atoms with van der Waals surface area (Å²) in [6.07, 6.45) is 0.976. The van der Waals surface area contributed by atoms with Crippen molar-refractivity contribution in [3.05, 3.63) is 80.7 Å². The Morgan fingerprint density at radius 1 is 0.719 bits per heavy atom. The quantitative estimate of drug-likeness (QED) is 0.205. The predicted molar refractivity (Wildman–Crippen MR) is 139 cm³/mol. The van der Waals surface area contributed by atoms with Crippen LogP contribution in [0.25, 0.3) is 55.0 Å². The molecule has 0 aliphatic heterocycles. The Bertz CT molecular complexity index is 1630. The Kier molecular flexibility index (Phi) is 3.71. The maximum atomic E-state index is 6.54. The second-order valence-corrected chi connectivity index (χ2v) is 10.6. The zero-order valence-electron chi connectivity index (χ0n) is 17.6. The third-order valence-corrected chi connectivity index (χ3v) is 8.60. The summed E-state index contributed by atoms with van der Waals surface area (Å²) in [4.78, 5) is 0. The van der Waals surface area contributed by atoms with Crippen LogP contribution in [-0.4, -0.2) is 0 Å². The van der Waals surface area contributed by atoms with Crippen LogP contribution in [-0.2, 0) is 5.41 Å². The lowest BCUT2D eigenvalue weighted by Gasteiger charge is -2.26. The van der Waals surface area contributed by atoms with Crippen molar-refractivity contribution in [1.29, 1.82) is 0 Å². The third kappa shape index (κ3) is 2.15. The van der Waals surface area contributed by atoms with Crippen LogP contribution in [0.15, 0.2) is 78.4 Å². The van der Waals surface area contributed by atoms with E-state index in [0.717, 1.165) is 70.4 Å². The number of hydrogen-bond acceptors (Lipinski definition) is 2. The van der Waals surface area contributed by atoms with Gasteiger partial charge in [-0.05, 0) is 41.8 Å². The highest BCUT2D eigenvalue weighted by atomic mass is 79.9. The van der Waals surface area contributed by atoms with Crippen LogP contribution in [0.5, 0.6) is 0 Å². The molecule has 7 rings (SSSR count). The van der Waals surface area contributed by atoms with Crippen LogP contribution in [0.3, 0.4) is 0 Å². The van der Waals surface area contributed by atoms with E-state index in [9.17, 15) is 0 Å². The summed E-state index contributed by atoms with van der Waals surface area (Å²) in [7, 11) is 0. The van der Waals surface area contributed by atoms with Crippen molar-refractivity contribution in [3.8, 4) is 11.1 Å². The molecule has 0 saturated carbocycles. The van der Waals surface area contributed by atoms with E-state index >= 15 is 0 Å². The largest absolute Gasteiger partial charge is 0.455 e. The van der Waals surface area contributed by atoms with Crippen molar-refractivity contribution in [3.63, 3.8) is 0 Å². The van der Waals surface area contributed by atoms with Gasteiger partial charge in [0.1, 0.15) is 22.3 Å².